The van der Waals surface area contributed by atoms with E-state index in [1.807, 2.05) is 0 Å². The Kier molecular flexibility index (Phi) is 7.75. The van der Waals surface area contributed by atoms with Crippen molar-refractivity contribution in [2.75, 3.05) is 24.6 Å². The molecule has 0 saturated carbocycles. The van der Waals surface area contributed by atoms with Gasteiger partial charge in [-0.15, -0.1) is 12.4 Å². The molecule has 110 valence electrons. The van der Waals surface area contributed by atoms with Gasteiger partial charge in [0, 0.05) is 31.2 Å². The predicted octanol–water partition coefficient (Wildman–Crippen LogP) is 1.30. The molecule has 1 unspecified atom stereocenters. The first-order valence-corrected chi connectivity index (χ1v) is 8.33. The van der Waals surface area contributed by atoms with Crippen LogP contribution in [-0.2, 0) is 9.84 Å². The Labute approximate surface area is 118 Å². The second-order valence-electron chi connectivity index (χ2n) is 5.48. The number of nitrogens with zero attached hydrogens (tertiary/aromatic N) is 1. The molecular weight excluding hydrogens is 272 g/mol. The summed E-state index contributed by atoms with van der Waals surface area (Å²) in [6.45, 7) is 10.6. The van der Waals surface area contributed by atoms with Crippen molar-refractivity contribution in [3.8, 4) is 0 Å². The molecule has 1 fully saturated rings. The largest absolute Gasteiger partial charge is 0.312 e. The van der Waals surface area contributed by atoms with Gasteiger partial charge in [0.25, 0.3) is 0 Å². The van der Waals surface area contributed by atoms with Gasteiger partial charge in [-0.2, -0.15) is 0 Å². The second kappa shape index (κ2) is 7.68. The molecular formula is C12H27ClN2O2S. The van der Waals surface area contributed by atoms with Crippen LogP contribution in [0.5, 0.6) is 0 Å². The average Bonchev–Trinajstić information content (AvgIpc) is 2.51. The van der Waals surface area contributed by atoms with Crippen molar-refractivity contribution in [3.05, 3.63) is 0 Å². The quantitative estimate of drug-likeness (QED) is 0.803. The molecule has 1 saturated heterocycles. The van der Waals surface area contributed by atoms with Gasteiger partial charge in [-0.05, 0) is 34.1 Å². The smallest absolute Gasteiger partial charge is 0.151 e. The van der Waals surface area contributed by atoms with Crippen LogP contribution in [0, 0.1) is 0 Å². The highest BCUT2D eigenvalue weighted by molar-refractivity contribution is 7.91. The van der Waals surface area contributed by atoms with Crippen LogP contribution < -0.4 is 5.32 Å². The summed E-state index contributed by atoms with van der Waals surface area (Å²) in [4.78, 5) is 2.41. The van der Waals surface area contributed by atoms with Crippen LogP contribution >= 0.6 is 12.4 Å². The molecule has 1 rings (SSSR count). The Morgan fingerprint density at radius 3 is 2.17 bits per heavy atom. The van der Waals surface area contributed by atoms with Crippen molar-refractivity contribution in [1.82, 2.24) is 10.2 Å². The van der Waals surface area contributed by atoms with Gasteiger partial charge >= 0.3 is 0 Å². The van der Waals surface area contributed by atoms with E-state index in [1.165, 1.54) is 0 Å². The zero-order valence-electron chi connectivity index (χ0n) is 11.8. The van der Waals surface area contributed by atoms with E-state index in [2.05, 4.69) is 37.9 Å². The normalized spacial score (nSPS) is 22.7. The minimum atomic E-state index is -2.75. The maximum Gasteiger partial charge on any atom is 0.151 e. The summed E-state index contributed by atoms with van der Waals surface area (Å²) in [7, 11) is -2.75. The molecule has 1 atom stereocenters. The molecule has 0 radical (unpaired) electrons. The van der Waals surface area contributed by atoms with E-state index in [-0.39, 0.29) is 18.4 Å². The Morgan fingerprint density at radius 2 is 1.78 bits per heavy atom. The minimum Gasteiger partial charge on any atom is -0.312 e. The van der Waals surface area contributed by atoms with Gasteiger partial charge in [-0.3, -0.25) is 4.90 Å². The predicted molar refractivity (Wildman–Crippen MR) is 79.3 cm³/mol. The van der Waals surface area contributed by atoms with Crippen molar-refractivity contribution in [2.24, 2.45) is 0 Å². The topological polar surface area (TPSA) is 49.4 Å². The van der Waals surface area contributed by atoms with E-state index in [0.717, 1.165) is 19.5 Å². The van der Waals surface area contributed by atoms with Gasteiger partial charge in [0.15, 0.2) is 9.84 Å². The highest BCUT2D eigenvalue weighted by Crippen LogP contribution is 2.11. The first kappa shape index (κ1) is 18.2. The Balaban J connectivity index is 0.00000289. The fourth-order valence-electron chi connectivity index (χ4n) is 2.47. The van der Waals surface area contributed by atoms with Gasteiger partial charge in [0.2, 0.25) is 0 Å². The van der Waals surface area contributed by atoms with Crippen LogP contribution in [-0.4, -0.2) is 56.0 Å². The van der Waals surface area contributed by atoms with Crippen molar-refractivity contribution in [2.45, 2.75) is 52.2 Å². The summed E-state index contributed by atoms with van der Waals surface area (Å²) in [6, 6.07) is 1.23. The summed E-state index contributed by atoms with van der Waals surface area (Å²) in [5, 5.41) is 3.36. The third-order valence-corrected chi connectivity index (χ3v) is 5.13. The first-order valence-electron chi connectivity index (χ1n) is 6.51. The molecule has 0 aromatic rings. The molecule has 0 spiro atoms. The number of hydrogen-bond donors (Lipinski definition) is 1. The highest BCUT2D eigenvalue weighted by Gasteiger charge is 2.27. The van der Waals surface area contributed by atoms with Crippen LogP contribution in [0.3, 0.4) is 0 Å². The number of sulfone groups is 1. The van der Waals surface area contributed by atoms with Crippen molar-refractivity contribution in [3.63, 3.8) is 0 Å². The van der Waals surface area contributed by atoms with E-state index in [1.54, 1.807) is 0 Å². The molecule has 0 aliphatic carbocycles. The lowest BCUT2D eigenvalue weighted by Crippen LogP contribution is -2.43. The third kappa shape index (κ3) is 5.87. The van der Waals surface area contributed by atoms with Gasteiger partial charge in [-0.25, -0.2) is 8.42 Å². The maximum atomic E-state index is 11.3. The van der Waals surface area contributed by atoms with E-state index in [4.69, 9.17) is 0 Å². The zero-order valence-corrected chi connectivity index (χ0v) is 13.5. The van der Waals surface area contributed by atoms with Crippen molar-refractivity contribution in [1.29, 1.82) is 0 Å². The molecule has 0 aromatic carbocycles. The fraction of sp³-hybridized carbons (Fsp3) is 1.00. The summed E-state index contributed by atoms with van der Waals surface area (Å²) >= 11 is 0. The van der Waals surface area contributed by atoms with E-state index in [9.17, 15) is 8.42 Å². The standard InChI is InChI=1S/C12H26N2O2S.ClH/c1-10(2)14(11(3)4)7-6-13-12-5-8-17(15,16)9-12;/h10-13H,5-9H2,1-4H3;1H. The monoisotopic (exact) mass is 298 g/mol. The van der Waals surface area contributed by atoms with Crippen molar-refractivity contribution >= 4 is 22.2 Å². The van der Waals surface area contributed by atoms with Gasteiger partial charge in [-0.1, -0.05) is 0 Å². The van der Waals surface area contributed by atoms with E-state index < -0.39 is 9.84 Å². The van der Waals surface area contributed by atoms with Crippen LogP contribution in [0.25, 0.3) is 0 Å². The first-order chi connectivity index (χ1) is 7.82. The minimum absolute atomic E-state index is 0. The van der Waals surface area contributed by atoms with E-state index >= 15 is 0 Å². The second-order valence-corrected chi connectivity index (χ2v) is 7.71. The third-order valence-electron chi connectivity index (χ3n) is 3.36. The molecule has 4 nitrogen and oxygen atoms in total. The summed E-state index contributed by atoms with van der Waals surface area (Å²) in [5.41, 5.74) is 0. The molecule has 1 aliphatic rings. The lowest BCUT2D eigenvalue weighted by atomic mass is 10.2. The SMILES string of the molecule is CC(C)N(CCNC1CCS(=O)(=O)C1)C(C)C.Cl. The number of rotatable bonds is 6. The molecule has 1 aliphatic heterocycles. The fourth-order valence-corrected chi connectivity index (χ4v) is 4.17. The Morgan fingerprint density at radius 1 is 1.22 bits per heavy atom. The average molecular weight is 299 g/mol. The maximum absolute atomic E-state index is 11.3. The number of nitrogens with one attached hydrogen (secondary N) is 1. The molecule has 6 heteroatoms. The van der Waals surface area contributed by atoms with Crippen molar-refractivity contribution < 1.29 is 8.42 Å². The molecule has 0 aromatic heterocycles. The molecule has 0 amide bonds. The van der Waals surface area contributed by atoms with Crippen LogP contribution in [0.1, 0.15) is 34.1 Å². The van der Waals surface area contributed by atoms with Crippen LogP contribution in [0.2, 0.25) is 0 Å². The summed E-state index contributed by atoms with van der Waals surface area (Å²) in [5.74, 6) is 0.666. The molecule has 18 heavy (non-hydrogen) atoms. The Bertz CT molecular complexity index is 323. The van der Waals surface area contributed by atoms with Gasteiger partial charge in [0.05, 0.1) is 11.5 Å². The van der Waals surface area contributed by atoms with Crippen LogP contribution in [0.4, 0.5) is 0 Å². The molecule has 0 bridgehead atoms. The number of hydrogen-bond acceptors (Lipinski definition) is 4. The summed E-state index contributed by atoms with van der Waals surface area (Å²) < 4.78 is 22.6. The van der Waals surface area contributed by atoms with Gasteiger partial charge < -0.3 is 5.32 Å². The number of halogens is 1. The molecule has 1 heterocycles. The Hall–Kier alpha value is 0.160. The van der Waals surface area contributed by atoms with E-state index in [0.29, 0.717) is 23.6 Å². The lowest BCUT2D eigenvalue weighted by Gasteiger charge is -2.30. The van der Waals surface area contributed by atoms with Gasteiger partial charge in [0.1, 0.15) is 0 Å². The van der Waals surface area contributed by atoms with Crippen LogP contribution in [0.15, 0.2) is 0 Å². The lowest BCUT2D eigenvalue weighted by molar-refractivity contribution is 0.174. The highest BCUT2D eigenvalue weighted by atomic mass is 35.5. The molecule has 1 N–H and O–H groups in total. The summed E-state index contributed by atoms with van der Waals surface area (Å²) in [6.07, 6.45) is 0.770. The zero-order chi connectivity index (χ0) is 13.1.